The molecule has 1 aromatic rings. The maximum atomic E-state index is 11.9. The summed E-state index contributed by atoms with van der Waals surface area (Å²) in [5.41, 5.74) is 4.88. The molecule has 0 saturated carbocycles. The van der Waals surface area contributed by atoms with Gasteiger partial charge in [-0.15, -0.1) is 10.2 Å². The van der Waals surface area contributed by atoms with E-state index in [9.17, 15) is 9.59 Å². The van der Waals surface area contributed by atoms with Crippen molar-refractivity contribution >= 4 is 23.9 Å². The lowest BCUT2D eigenvalue weighted by Gasteiger charge is -2.13. The highest BCUT2D eigenvalue weighted by atomic mass is 32.2. The molecule has 7 nitrogen and oxygen atoms in total. The van der Waals surface area contributed by atoms with Gasteiger partial charge in [-0.05, 0) is 6.92 Å². The molecule has 17 heavy (non-hydrogen) atoms. The second kappa shape index (κ2) is 4.66. The number of carbonyl (C=O) groups is 1. The lowest BCUT2D eigenvalue weighted by atomic mass is 10.2. The van der Waals surface area contributed by atoms with Gasteiger partial charge in [0.1, 0.15) is 5.69 Å². The van der Waals surface area contributed by atoms with E-state index in [4.69, 9.17) is 5.73 Å². The highest BCUT2D eigenvalue weighted by Gasteiger charge is 2.17. The first-order valence-corrected chi connectivity index (χ1v) is 5.94. The highest BCUT2D eigenvalue weighted by molar-refractivity contribution is 8.00. The van der Waals surface area contributed by atoms with Crippen molar-refractivity contribution in [1.29, 1.82) is 0 Å². The van der Waals surface area contributed by atoms with Crippen molar-refractivity contribution in [3.63, 3.8) is 0 Å². The van der Waals surface area contributed by atoms with Crippen molar-refractivity contribution in [3.05, 3.63) is 16.0 Å². The fourth-order valence-corrected chi connectivity index (χ4v) is 2.09. The summed E-state index contributed by atoms with van der Waals surface area (Å²) in [6.45, 7) is 1.95. The standard InChI is InChI=1S/C9H11N5O2S/c1-5-4-11-14-8(16)6(2-3-7(10)15)12-13-9(14)17-5/h4-5H,2-3H2,1H3,(H2,10,15). The number of fused-ring (bicyclic) bond motifs is 1. The van der Waals surface area contributed by atoms with Crippen LogP contribution in [0.25, 0.3) is 0 Å². The molecule has 0 aromatic carbocycles. The summed E-state index contributed by atoms with van der Waals surface area (Å²) >= 11 is 1.41. The van der Waals surface area contributed by atoms with Gasteiger partial charge >= 0.3 is 0 Å². The van der Waals surface area contributed by atoms with Crippen LogP contribution in [0, 0.1) is 0 Å². The largest absolute Gasteiger partial charge is 0.370 e. The molecule has 1 unspecified atom stereocenters. The summed E-state index contributed by atoms with van der Waals surface area (Å²) < 4.78 is 1.20. The minimum Gasteiger partial charge on any atom is -0.370 e. The molecule has 90 valence electrons. The number of nitrogens with zero attached hydrogens (tertiary/aromatic N) is 4. The molecule has 1 aliphatic heterocycles. The Morgan fingerprint density at radius 3 is 3.06 bits per heavy atom. The Labute approximate surface area is 101 Å². The summed E-state index contributed by atoms with van der Waals surface area (Å²) in [5, 5.41) is 12.4. The zero-order chi connectivity index (χ0) is 12.4. The molecule has 8 heteroatoms. The van der Waals surface area contributed by atoms with Crippen LogP contribution in [0.1, 0.15) is 19.0 Å². The Bertz CT molecular complexity index is 539. The third kappa shape index (κ3) is 2.52. The number of hydrogen-bond donors (Lipinski definition) is 1. The number of aromatic nitrogens is 3. The normalized spacial score (nSPS) is 17.8. The first-order chi connectivity index (χ1) is 8.08. The van der Waals surface area contributed by atoms with Crippen LogP contribution < -0.4 is 11.3 Å². The van der Waals surface area contributed by atoms with Crippen LogP contribution in [0.2, 0.25) is 0 Å². The Balaban J connectivity index is 2.32. The average molecular weight is 253 g/mol. The zero-order valence-electron chi connectivity index (χ0n) is 9.16. The number of hydrogen-bond acceptors (Lipinski definition) is 6. The van der Waals surface area contributed by atoms with Gasteiger partial charge in [-0.25, -0.2) is 0 Å². The van der Waals surface area contributed by atoms with Crippen molar-refractivity contribution in [2.75, 3.05) is 0 Å². The summed E-state index contributed by atoms with van der Waals surface area (Å²) in [5.74, 6) is -0.472. The predicted molar refractivity (Wildman–Crippen MR) is 63.0 cm³/mol. The summed E-state index contributed by atoms with van der Waals surface area (Å²) in [4.78, 5) is 22.6. The molecule has 2 rings (SSSR count). The van der Waals surface area contributed by atoms with Gasteiger partial charge in [0.2, 0.25) is 11.1 Å². The first-order valence-electron chi connectivity index (χ1n) is 5.06. The van der Waals surface area contributed by atoms with Crippen molar-refractivity contribution in [2.45, 2.75) is 30.2 Å². The molecule has 0 fully saturated rings. The predicted octanol–water partition coefficient (Wildman–Crippen LogP) is -0.616. The van der Waals surface area contributed by atoms with Gasteiger partial charge in [0.05, 0.1) is 0 Å². The van der Waals surface area contributed by atoms with Crippen molar-refractivity contribution in [1.82, 2.24) is 14.9 Å². The fraction of sp³-hybridized carbons (Fsp3) is 0.444. The number of nitrogens with two attached hydrogens (primary N) is 1. The zero-order valence-corrected chi connectivity index (χ0v) is 9.98. The summed E-state index contributed by atoms with van der Waals surface area (Å²) in [7, 11) is 0. The van der Waals surface area contributed by atoms with E-state index < -0.39 is 5.91 Å². The van der Waals surface area contributed by atoms with Gasteiger partial charge < -0.3 is 5.73 Å². The first kappa shape index (κ1) is 11.8. The lowest BCUT2D eigenvalue weighted by molar-refractivity contribution is -0.118. The Morgan fingerprint density at radius 1 is 1.59 bits per heavy atom. The van der Waals surface area contributed by atoms with Gasteiger partial charge in [-0.3, -0.25) is 9.59 Å². The van der Waals surface area contributed by atoms with E-state index in [2.05, 4.69) is 15.3 Å². The molecule has 1 aliphatic rings. The minimum atomic E-state index is -0.472. The van der Waals surface area contributed by atoms with Gasteiger partial charge in [0.15, 0.2) is 0 Å². The molecule has 2 heterocycles. The molecule has 0 aliphatic carbocycles. The molecule has 0 radical (unpaired) electrons. The van der Waals surface area contributed by atoms with Crippen LogP contribution in [-0.4, -0.2) is 32.2 Å². The van der Waals surface area contributed by atoms with Crippen LogP contribution in [0.3, 0.4) is 0 Å². The third-order valence-electron chi connectivity index (χ3n) is 2.17. The fourth-order valence-electron chi connectivity index (χ4n) is 1.33. The van der Waals surface area contributed by atoms with Crippen LogP contribution in [-0.2, 0) is 11.2 Å². The molecule has 0 bridgehead atoms. The number of primary amides is 1. The van der Waals surface area contributed by atoms with E-state index in [1.165, 1.54) is 16.4 Å². The number of thioether (sulfide) groups is 1. The topological polar surface area (TPSA) is 103 Å². The van der Waals surface area contributed by atoms with Crippen LogP contribution in [0.4, 0.5) is 0 Å². The molecule has 0 saturated heterocycles. The van der Waals surface area contributed by atoms with Crippen LogP contribution >= 0.6 is 11.8 Å². The molecular formula is C9H11N5O2S. The van der Waals surface area contributed by atoms with Crippen molar-refractivity contribution < 1.29 is 4.79 Å². The Morgan fingerprint density at radius 2 is 2.35 bits per heavy atom. The average Bonchev–Trinajstić information content (AvgIpc) is 2.27. The van der Waals surface area contributed by atoms with Gasteiger partial charge in [0.25, 0.3) is 5.56 Å². The smallest absolute Gasteiger partial charge is 0.296 e. The van der Waals surface area contributed by atoms with E-state index >= 15 is 0 Å². The molecular weight excluding hydrogens is 242 g/mol. The van der Waals surface area contributed by atoms with E-state index in [0.717, 1.165) is 0 Å². The molecule has 0 spiro atoms. The van der Waals surface area contributed by atoms with Crippen molar-refractivity contribution in [2.24, 2.45) is 10.8 Å². The van der Waals surface area contributed by atoms with Crippen LogP contribution in [0.5, 0.6) is 0 Å². The number of amides is 1. The second-order valence-electron chi connectivity index (χ2n) is 3.60. The van der Waals surface area contributed by atoms with Crippen molar-refractivity contribution in [3.8, 4) is 0 Å². The highest BCUT2D eigenvalue weighted by Crippen LogP contribution is 2.21. The molecule has 1 amide bonds. The van der Waals surface area contributed by atoms with E-state index in [1.54, 1.807) is 6.21 Å². The molecule has 2 N–H and O–H groups in total. The van der Waals surface area contributed by atoms with E-state index in [-0.39, 0.29) is 29.3 Å². The Kier molecular flexibility index (Phi) is 3.23. The summed E-state index contributed by atoms with van der Waals surface area (Å²) in [6.07, 6.45) is 1.94. The number of carbonyl (C=O) groups excluding carboxylic acids is 1. The monoisotopic (exact) mass is 253 g/mol. The lowest BCUT2D eigenvalue weighted by Crippen LogP contribution is -2.29. The molecule has 1 atom stereocenters. The number of rotatable bonds is 3. The van der Waals surface area contributed by atoms with Gasteiger partial charge in [0, 0.05) is 24.3 Å². The maximum Gasteiger partial charge on any atom is 0.296 e. The van der Waals surface area contributed by atoms with E-state index in [0.29, 0.717) is 5.16 Å². The van der Waals surface area contributed by atoms with Gasteiger partial charge in [-0.2, -0.15) is 9.78 Å². The van der Waals surface area contributed by atoms with E-state index in [1.807, 2.05) is 6.92 Å². The SMILES string of the molecule is CC1C=Nn2c(nnc(CCC(N)=O)c2=O)S1. The maximum absolute atomic E-state index is 11.9. The number of aryl methyl sites for hydroxylation is 1. The minimum absolute atomic E-state index is 0.0799. The summed E-state index contributed by atoms with van der Waals surface area (Å²) in [6, 6.07) is 0. The third-order valence-corrected chi connectivity index (χ3v) is 3.13. The second-order valence-corrected chi connectivity index (χ2v) is 4.94. The van der Waals surface area contributed by atoms with Crippen LogP contribution in [0.15, 0.2) is 15.1 Å². The molecule has 1 aromatic heterocycles. The Hall–Kier alpha value is -1.70. The quantitative estimate of drug-likeness (QED) is 0.773. The van der Waals surface area contributed by atoms with Gasteiger partial charge in [-0.1, -0.05) is 11.8 Å².